The molecule has 0 bridgehead atoms. The van der Waals surface area contributed by atoms with Gasteiger partial charge < -0.3 is 5.32 Å². The number of carbonyl (C=O) groups excluding carboxylic acids is 1. The SMILES string of the molecule is CCCCC(CC)C(=O)Nc1cc(S(N)(=O)=O)ccc1Cl. The predicted octanol–water partition coefficient (Wildman–Crippen LogP) is 3.14. The predicted molar refractivity (Wildman–Crippen MR) is 84.8 cm³/mol. The number of hydrogen-bond acceptors (Lipinski definition) is 3. The first-order valence-corrected chi connectivity index (χ1v) is 8.85. The molecule has 0 heterocycles. The molecule has 0 saturated heterocycles. The molecule has 0 aliphatic carbocycles. The highest BCUT2D eigenvalue weighted by atomic mass is 35.5. The smallest absolute Gasteiger partial charge is 0.238 e. The Morgan fingerprint density at radius 1 is 1.38 bits per heavy atom. The van der Waals surface area contributed by atoms with Crippen molar-refractivity contribution in [1.29, 1.82) is 0 Å². The van der Waals surface area contributed by atoms with E-state index < -0.39 is 10.0 Å². The second-order valence-corrected chi connectivity index (χ2v) is 6.89. The maximum atomic E-state index is 12.2. The van der Waals surface area contributed by atoms with Crippen LogP contribution in [0.1, 0.15) is 39.5 Å². The average molecular weight is 333 g/mol. The van der Waals surface area contributed by atoms with Crippen molar-refractivity contribution < 1.29 is 13.2 Å². The van der Waals surface area contributed by atoms with Gasteiger partial charge in [-0.25, -0.2) is 13.6 Å². The summed E-state index contributed by atoms with van der Waals surface area (Å²) >= 11 is 5.99. The molecule has 0 spiro atoms. The zero-order chi connectivity index (χ0) is 16.0. The number of hydrogen-bond donors (Lipinski definition) is 2. The van der Waals surface area contributed by atoms with E-state index in [-0.39, 0.29) is 27.4 Å². The van der Waals surface area contributed by atoms with E-state index >= 15 is 0 Å². The summed E-state index contributed by atoms with van der Waals surface area (Å²) in [5.41, 5.74) is 0.267. The third kappa shape index (κ3) is 5.30. The highest BCUT2D eigenvalue weighted by Gasteiger charge is 2.18. The van der Waals surface area contributed by atoms with E-state index in [4.69, 9.17) is 16.7 Å². The number of halogens is 1. The van der Waals surface area contributed by atoms with Crippen LogP contribution in [0.25, 0.3) is 0 Å². The van der Waals surface area contributed by atoms with E-state index in [1.807, 2.05) is 6.92 Å². The number of primary sulfonamides is 1. The number of nitrogens with one attached hydrogen (secondary N) is 1. The molecule has 0 fully saturated rings. The lowest BCUT2D eigenvalue weighted by molar-refractivity contribution is -0.120. The molecule has 0 aromatic heterocycles. The standard InChI is InChI=1S/C14H21ClN2O3S/c1-3-5-6-10(4-2)14(18)17-13-9-11(21(16,19)20)7-8-12(13)15/h7-10H,3-6H2,1-2H3,(H,17,18)(H2,16,19,20). The van der Waals surface area contributed by atoms with Crippen molar-refractivity contribution in [3.05, 3.63) is 23.2 Å². The van der Waals surface area contributed by atoms with Gasteiger partial charge in [-0.2, -0.15) is 0 Å². The number of unbranched alkanes of at least 4 members (excludes halogenated alkanes) is 1. The molecule has 118 valence electrons. The summed E-state index contributed by atoms with van der Waals surface area (Å²) in [6, 6.07) is 3.99. The van der Waals surface area contributed by atoms with Gasteiger partial charge >= 0.3 is 0 Å². The molecule has 0 radical (unpaired) electrons. The van der Waals surface area contributed by atoms with Gasteiger partial charge in [0, 0.05) is 5.92 Å². The van der Waals surface area contributed by atoms with Crippen molar-refractivity contribution in [2.75, 3.05) is 5.32 Å². The van der Waals surface area contributed by atoms with Gasteiger partial charge in [0.15, 0.2) is 0 Å². The minimum absolute atomic E-state index is 0.0798. The van der Waals surface area contributed by atoms with E-state index in [1.54, 1.807) is 0 Å². The Morgan fingerprint density at radius 3 is 2.57 bits per heavy atom. The second-order valence-electron chi connectivity index (χ2n) is 4.92. The molecular weight excluding hydrogens is 312 g/mol. The molecule has 1 unspecified atom stereocenters. The molecule has 1 aromatic rings. The summed E-state index contributed by atoms with van der Waals surface area (Å²) in [7, 11) is -3.83. The number of carbonyl (C=O) groups is 1. The number of nitrogens with two attached hydrogens (primary N) is 1. The summed E-state index contributed by atoms with van der Waals surface area (Å²) in [4.78, 5) is 12.1. The molecule has 3 N–H and O–H groups in total. The van der Waals surface area contributed by atoms with Gasteiger partial charge in [-0.1, -0.05) is 38.3 Å². The molecular formula is C14H21ClN2O3S. The summed E-state index contributed by atoms with van der Waals surface area (Å²) in [5, 5.41) is 8.05. The van der Waals surface area contributed by atoms with E-state index in [0.29, 0.717) is 0 Å². The fourth-order valence-corrected chi connectivity index (χ4v) is 2.69. The molecule has 1 atom stereocenters. The minimum Gasteiger partial charge on any atom is -0.324 e. The fourth-order valence-electron chi connectivity index (χ4n) is 1.98. The summed E-state index contributed by atoms with van der Waals surface area (Å²) in [6.07, 6.45) is 3.51. The third-order valence-corrected chi connectivity index (χ3v) is 4.53. The van der Waals surface area contributed by atoms with Gasteiger partial charge in [0.1, 0.15) is 0 Å². The Morgan fingerprint density at radius 2 is 2.05 bits per heavy atom. The van der Waals surface area contributed by atoms with E-state index in [0.717, 1.165) is 25.7 Å². The minimum atomic E-state index is -3.83. The summed E-state index contributed by atoms with van der Waals surface area (Å²) in [6.45, 7) is 4.01. The van der Waals surface area contributed by atoms with Gasteiger partial charge in [-0.05, 0) is 31.0 Å². The molecule has 0 aliphatic heterocycles. The second kappa shape index (κ2) is 7.77. The molecule has 1 rings (SSSR count). The summed E-state index contributed by atoms with van der Waals surface area (Å²) < 4.78 is 22.7. The molecule has 7 heteroatoms. The van der Waals surface area contributed by atoms with Crippen LogP contribution in [0.2, 0.25) is 5.02 Å². The number of rotatable bonds is 7. The monoisotopic (exact) mass is 332 g/mol. The lowest BCUT2D eigenvalue weighted by atomic mass is 9.98. The third-order valence-electron chi connectivity index (χ3n) is 3.29. The zero-order valence-corrected chi connectivity index (χ0v) is 13.8. The van der Waals surface area contributed by atoms with Crippen molar-refractivity contribution >= 4 is 33.2 Å². The van der Waals surface area contributed by atoms with Gasteiger partial charge in [0.05, 0.1) is 15.6 Å². The van der Waals surface area contributed by atoms with Crippen LogP contribution < -0.4 is 10.5 Å². The molecule has 5 nitrogen and oxygen atoms in total. The zero-order valence-electron chi connectivity index (χ0n) is 12.2. The van der Waals surface area contributed by atoms with Crippen LogP contribution in [0.15, 0.2) is 23.1 Å². The van der Waals surface area contributed by atoms with Gasteiger partial charge in [0.2, 0.25) is 15.9 Å². The Labute approximate surface area is 130 Å². The van der Waals surface area contributed by atoms with Crippen LogP contribution in [-0.2, 0) is 14.8 Å². The van der Waals surface area contributed by atoms with E-state index in [1.165, 1.54) is 18.2 Å². The lowest BCUT2D eigenvalue weighted by Crippen LogP contribution is -2.23. The summed E-state index contributed by atoms with van der Waals surface area (Å²) in [5.74, 6) is -0.265. The number of amides is 1. The van der Waals surface area contributed by atoms with Crippen molar-refractivity contribution in [1.82, 2.24) is 0 Å². The topological polar surface area (TPSA) is 89.3 Å². The van der Waals surface area contributed by atoms with Crippen molar-refractivity contribution in [3.63, 3.8) is 0 Å². The maximum Gasteiger partial charge on any atom is 0.238 e. The number of sulfonamides is 1. The number of benzene rings is 1. The average Bonchev–Trinajstić information content (AvgIpc) is 2.41. The van der Waals surface area contributed by atoms with Gasteiger partial charge in [0.25, 0.3) is 0 Å². The Hall–Kier alpha value is -1.11. The van der Waals surface area contributed by atoms with Crippen LogP contribution >= 0.6 is 11.6 Å². The normalized spacial score (nSPS) is 13.0. The highest BCUT2D eigenvalue weighted by molar-refractivity contribution is 7.89. The Kier molecular flexibility index (Phi) is 6.64. The van der Waals surface area contributed by atoms with Crippen LogP contribution in [0.4, 0.5) is 5.69 Å². The molecule has 21 heavy (non-hydrogen) atoms. The first-order valence-electron chi connectivity index (χ1n) is 6.92. The maximum absolute atomic E-state index is 12.2. The molecule has 0 saturated carbocycles. The van der Waals surface area contributed by atoms with Gasteiger partial charge in [-0.3, -0.25) is 4.79 Å². The quantitative estimate of drug-likeness (QED) is 0.803. The Balaban J connectivity index is 2.93. The van der Waals surface area contributed by atoms with Crippen molar-refractivity contribution in [2.24, 2.45) is 11.1 Å². The molecule has 0 aliphatic rings. The Bertz CT molecular complexity index is 602. The van der Waals surface area contributed by atoms with E-state index in [2.05, 4.69) is 12.2 Å². The fraction of sp³-hybridized carbons (Fsp3) is 0.500. The van der Waals surface area contributed by atoms with Crippen molar-refractivity contribution in [2.45, 2.75) is 44.4 Å². The largest absolute Gasteiger partial charge is 0.324 e. The van der Waals surface area contributed by atoms with E-state index in [9.17, 15) is 13.2 Å². The highest BCUT2D eigenvalue weighted by Crippen LogP contribution is 2.26. The lowest BCUT2D eigenvalue weighted by Gasteiger charge is -2.15. The molecule has 1 amide bonds. The number of anilines is 1. The van der Waals surface area contributed by atoms with Crippen LogP contribution in [0.3, 0.4) is 0 Å². The molecule has 1 aromatic carbocycles. The van der Waals surface area contributed by atoms with Crippen LogP contribution in [0, 0.1) is 5.92 Å². The van der Waals surface area contributed by atoms with Gasteiger partial charge in [-0.15, -0.1) is 0 Å². The first kappa shape index (κ1) is 17.9. The van der Waals surface area contributed by atoms with Crippen LogP contribution in [0.5, 0.6) is 0 Å². The first-order chi connectivity index (χ1) is 9.79. The van der Waals surface area contributed by atoms with Crippen LogP contribution in [-0.4, -0.2) is 14.3 Å². The van der Waals surface area contributed by atoms with Crippen molar-refractivity contribution in [3.8, 4) is 0 Å².